The predicted octanol–water partition coefficient (Wildman–Crippen LogP) is 1.56. The summed E-state index contributed by atoms with van der Waals surface area (Å²) in [4.78, 5) is 25.2. The molecule has 1 amide bonds. The molecule has 0 saturated carbocycles. The Morgan fingerprint density at radius 3 is 2.67 bits per heavy atom. The lowest BCUT2D eigenvalue weighted by Crippen LogP contribution is -2.42. The summed E-state index contributed by atoms with van der Waals surface area (Å²) in [5.74, 6) is 0. The zero-order valence-electron chi connectivity index (χ0n) is 11.2. The number of nitrogens with zero attached hydrogens (tertiary/aromatic N) is 1. The molecule has 1 aliphatic rings. The average molecular weight is 253 g/mol. The van der Waals surface area contributed by atoms with Crippen LogP contribution in [0.5, 0.6) is 0 Å². The largest absolute Gasteiger partial charge is 0.444 e. The molecule has 0 aliphatic carbocycles. The maximum Gasteiger partial charge on any atom is 0.410 e. The molecule has 1 aromatic rings. The van der Waals surface area contributed by atoms with Crippen LogP contribution in [0.3, 0.4) is 0 Å². The molecule has 6 nitrogen and oxygen atoms in total. The molecule has 100 valence electrons. The van der Waals surface area contributed by atoms with Gasteiger partial charge in [0.1, 0.15) is 5.60 Å². The van der Waals surface area contributed by atoms with Crippen LogP contribution in [0.1, 0.15) is 45.0 Å². The molecule has 0 fully saturated rings. The van der Waals surface area contributed by atoms with Crippen molar-refractivity contribution in [2.45, 2.75) is 45.8 Å². The lowest BCUT2D eigenvalue weighted by atomic mass is 10.0. The number of carbonyl (C=O) groups is 1. The number of rotatable bonds is 0. The van der Waals surface area contributed by atoms with E-state index in [-0.39, 0.29) is 17.7 Å². The second kappa shape index (κ2) is 4.19. The van der Waals surface area contributed by atoms with Crippen molar-refractivity contribution in [1.29, 1.82) is 0 Å². The van der Waals surface area contributed by atoms with E-state index in [9.17, 15) is 9.59 Å². The van der Waals surface area contributed by atoms with E-state index in [1.54, 1.807) is 4.90 Å². The van der Waals surface area contributed by atoms with E-state index in [1.807, 2.05) is 27.7 Å². The highest BCUT2D eigenvalue weighted by Crippen LogP contribution is 2.27. The first-order valence-electron chi connectivity index (χ1n) is 6.08. The Kier molecular flexibility index (Phi) is 2.96. The van der Waals surface area contributed by atoms with Crippen molar-refractivity contribution in [3.63, 3.8) is 0 Å². The van der Waals surface area contributed by atoms with Gasteiger partial charge in [0.15, 0.2) is 0 Å². The van der Waals surface area contributed by atoms with Crippen LogP contribution in [0.2, 0.25) is 0 Å². The minimum Gasteiger partial charge on any atom is -0.444 e. The second-order valence-corrected chi connectivity index (χ2v) is 5.57. The van der Waals surface area contributed by atoms with Gasteiger partial charge >= 0.3 is 6.09 Å². The molecule has 0 saturated heterocycles. The molecule has 6 heteroatoms. The summed E-state index contributed by atoms with van der Waals surface area (Å²) >= 11 is 0. The van der Waals surface area contributed by atoms with Gasteiger partial charge in [-0.15, -0.1) is 0 Å². The molecule has 0 bridgehead atoms. The molecule has 18 heavy (non-hydrogen) atoms. The quantitative estimate of drug-likeness (QED) is 0.736. The first-order chi connectivity index (χ1) is 8.29. The van der Waals surface area contributed by atoms with Gasteiger partial charge < -0.3 is 4.74 Å². The molecule has 1 aromatic heterocycles. The monoisotopic (exact) mass is 253 g/mol. The Morgan fingerprint density at radius 2 is 2.06 bits per heavy atom. The summed E-state index contributed by atoms with van der Waals surface area (Å²) in [6.45, 7) is 7.89. The zero-order valence-corrected chi connectivity index (χ0v) is 11.2. The van der Waals surface area contributed by atoms with Crippen molar-refractivity contribution >= 4 is 6.09 Å². The number of aromatic amines is 2. The smallest absolute Gasteiger partial charge is 0.410 e. The lowest BCUT2D eigenvalue weighted by Gasteiger charge is -2.34. The highest BCUT2D eigenvalue weighted by Gasteiger charge is 2.33. The van der Waals surface area contributed by atoms with Crippen LogP contribution in [-0.4, -0.2) is 33.3 Å². The van der Waals surface area contributed by atoms with Crippen molar-refractivity contribution in [1.82, 2.24) is 15.1 Å². The minimum absolute atomic E-state index is 0.0966. The fourth-order valence-corrected chi connectivity index (χ4v) is 2.15. The van der Waals surface area contributed by atoms with Crippen LogP contribution < -0.4 is 5.56 Å². The molecule has 0 unspecified atom stereocenters. The number of H-pyrrole nitrogens is 2. The fraction of sp³-hybridized carbons (Fsp3) is 0.667. The van der Waals surface area contributed by atoms with Crippen LogP contribution in [0.25, 0.3) is 0 Å². The van der Waals surface area contributed by atoms with E-state index >= 15 is 0 Å². The minimum atomic E-state index is -0.511. The molecular weight excluding hydrogens is 234 g/mol. The summed E-state index contributed by atoms with van der Waals surface area (Å²) in [7, 11) is 0. The van der Waals surface area contributed by atoms with E-state index in [0.717, 1.165) is 11.3 Å². The van der Waals surface area contributed by atoms with E-state index in [0.29, 0.717) is 13.0 Å². The van der Waals surface area contributed by atoms with Gasteiger partial charge in [-0.2, -0.15) is 0 Å². The molecule has 2 N–H and O–H groups in total. The van der Waals surface area contributed by atoms with Gasteiger partial charge in [0, 0.05) is 12.1 Å². The number of hydrogen-bond acceptors (Lipinski definition) is 3. The van der Waals surface area contributed by atoms with Crippen molar-refractivity contribution < 1.29 is 9.53 Å². The number of carbonyl (C=O) groups excluding carboxylic acids is 1. The Morgan fingerprint density at radius 1 is 1.39 bits per heavy atom. The summed E-state index contributed by atoms with van der Waals surface area (Å²) < 4.78 is 5.35. The normalized spacial score (nSPS) is 19.6. The summed E-state index contributed by atoms with van der Waals surface area (Å²) in [5.41, 5.74) is 0.905. The van der Waals surface area contributed by atoms with Gasteiger partial charge in [0.25, 0.3) is 5.56 Å². The first kappa shape index (κ1) is 12.7. The third-order valence-corrected chi connectivity index (χ3v) is 3.03. The highest BCUT2D eigenvalue weighted by atomic mass is 16.6. The average Bonchev–Trinajstić information content (AvgIpc) is 2.59. The van der Waals surface area contributed by atoms with E-state index in [2.05, 4.69) is 10.2 Å². The maximum atomic E-state index is 12.0. The summed E-state index contributed by atoms with van der Waals surface area (Å²) in [6, 6.07) is -0.178. The third-order valence-electron chi connectivity index (χ3n) is 3.03. The fourth-order valence-electron chi connectivity index (χ4n) is 2.15. The Hall–Kier alpha value is -1.72. The van der Waals surface area contributed by atoms with Crippen molar-refractivity contribution in [2.75, 3.05) is 6.54 Å². The maximum absolute atomic E-state index is 12.0. The molecule has 1 atom stereocenters. The molecule has 1 aliphatic heterocycles. The predicted molar refractivity (Wildman–Crippen MR) is 66.5 cm³/mol. The Balaban J connectivity index is 2.19. The molecular formula is C12H19N3O3. The second-order valence-electron chi connectivity index (χ2n) is 5.57. The summed E-state index contributed by atoms with van der Waals surface area (Å²) in [5, 5.41) is 5.39. The van der Waals surface area contributed by atoms with E-state index in [1.165, 1.54) is 0 Å². The van der Waals surface area contributed by atoms with Gasteiger partial charge in [-0.05, 0) is 34.1 Å². The highest BCUT2D eigenvalue weighted by molar-refractivity contribution is 5.69. The third kappa shape index (κ3) is 2.27. The van der Waals surface area contributed by atoms with E-state index < -0.39 is 5.60 Å². The first-order valence-corrected chi connectivity index (χ1v) is 6.08. The Bertz CT molecular complexity index is 509. The van der Waals surface area contributed by atoms with Crippen molar-refractivity contribution in [3.8, 4) is 0 Å². The van der Waals surface area contributed by atoms with Crippen LogP contribution in [0, 0.1) is 0 Å². The number of nitrogens with one attached hydrogen (secondary N) is 2. The molecule has 2 heterocycles. The zero-order chi connectivity index (χ0) is 13.5. The summed E-state index contributed by atoms with van der Waals surface area (Å²) in [6.07, 6.45) is 0.209. The van der Waals surface area contributed by atoms with Crippen molar-refractivity contribution in [3.05, 3.63) is 21.6 Å². The molecule has 0 radical (unpaired) electrons. The van der Waals surface area contributed by atoms with Gasteiger partial charge in [-0.3, -0.25) is 19.9 Å². The Labute approximate surface area is 105 Å². The van der Waals surface area contributed by atoms with Crippen LogP contribution in [0.4, 0.5) is 4.79 Å². The SMILES string of the molecule is C[C@@H]1c2[nH][nH]c(=O)c2CCN1C(=O)OC(C)(C)C. The molecule has 0 spiro atoms. The standard InChI is InChI=1S/C12H19N3O3/c1-7-9-8(10(16)14-13-9)5-6-15(7)11(17)18-12(2,3)4/h7H,5-6H2,1-4H3,(H2,13,14,16)/t7-/m1/s1. The molecule has 2 rings (SSSR count). The lowest BCUT2D eigenvalue weighted by molar-refractivity contribution is 0.0155. The number of aromatic nitrogens is 2. The van der Waals surface area contributed by atoms with Gasteiger partial charge in [0.2, 0.25) is 0 Å². The van der Waals surface area contributed by atoms with Crippen LogP contribution in [0.15, 0.2) is 4.79 Å². The van der Waals surface area contributed by atoms with Gasteiger partial charge in [-0.25, -0.2) is 4.79 Å². The number of fused-ring (bicyclic) bond motifs is 1. The number of amides is 1. The van der Waals surface area contributed by atoms with Gasteiger partial charge in [-0.1, -0.05) is 0 Å². The number of ether oxygens (including phenoxy) is 1. The molecule has 0 aromatic carbocycles. The topological polar surface area (TPSA) is 78.2 Å². The van der Waals surface area contributed by atoms with Crippen LogP contribution in [-0.2, 0) is 11.2 Å². The van der Waals surface area contributed by atoms with Crippen LogP contribution >= 0.6 is 0 Å². The van der Waals surface area contributed by atoms with E-state index in [4.69, 9.17) is 4.74 Å². The number of hydrogen-bond donors (Lipinski definition) is 2. The van der Waals surface area contributed by atoms with Gasteiger partial charge in [0.05, 0.1) is 11.7 Å². The van der Waals surface area contributed by atoms with Crippen molar-refractivity contribution in [2.24, 2.45) is 0 Å².